The van der Waals surface area contributed by atoms with Crippen LogP contribution in [-0.2, 0) is 10.8 Å². The van der Waals surface area contributed by atoms with Crippen molar-refractivity contribution in [3.05, 3.63) is 42.5 Å². The average Bonchev–Trinajstić information content (AvgIpc) is 2.39. The van der Waals surface area contributed by atoms with Gasteiger partial charge in [-0.05, 0) is 11.5 Å². The molecule has 0 heterocycles. The van der Waals surface area contributed by atoms with E-state index in [1.54, 1.807) is 0 Å². The first-order valence-corrected chi connectivity index (χ1v) is 7.36. The van der Waals surface area contributed by atoms with E-state index < -0.39 is 10.8 Å². The molecule has 18 heavy (non-hydrogen) atoms. The average molecular weight is 264 g/mol. The summed E-state index contributed by atoms with van der Waals surface area (Å²) in [7, 11) is -1.00. The van der Waals surface area contributed by atoms with Gasteiger partial charge in [-0.15, -0.1) is 0 Å². The summed E-state index contributed by atoms with van der Waals surface area (Å²) in [6, 6.07) is 13.9. The molecular formula is C14H16O3S. The number of benzene rings is 2. The maximum atomic E-state index is 11.4. The second kappa shape index (κ2) is 6.52. The van der Waals surface area contributed by atoms with Gasteiger partial charge in [0, 0.05) is 21.9 Å². The zero-order valence-corrected chi connectivity index (χ0v) is 10.9. The molecule has 1 atom stereocenters. The lowest BCUT2D eigenvalue weighted by Crippen LogP contribution is -2.12. The van der Waals surface area contributed by atoms with E-state index >= 15 is 0 Å². The van der Waals surface area contributed by atoms with Gasteiger partial charge in [0.1, 0.15) is 5.75 Å². The third-order valence-electron chi connectivity index (χ3n) is 2.64. The molecule has 0 saturated carbocycles. The van der Waals surface area contributed by atoms with E-state index in [4.69, 9.17) is 9.84 Å². The highest BCUT2D eigenvalue weighted by atomic mass is 32.2. The van der Waals surface area contributed by atoms with Crippen molar-refractivity contribution in [2.24, 2.45) is 0 Å². The lowest BCUT2D eigenvalue weighted by atomic mass is 10.1. The fraction of sp³-hybridized carbons (Fsp3) is 0.286. The summed E-state index contributed by atoms with van der Waals surface area (Å²) in [5.74, 6) is 1.58. The van der Waals surface area contributed by atoms with Crippen molar-refractivity contribution >= 4 is 21.6 Å². The highest BCUT2D eigenvalue weighted by molar-refractivity contribution is 7.85. The van der Waals surface area contributed by atoms with Gasteiger partial charge >= 0.3 is 0 Å². The van der Waals surface area contributed by atoms with Gasteiger partial charge in [0.2, 0.25) is 0 Å². The topological polar surface area (TPSA) is 46.5 Å². The first kappa shape index (κ1) is 13.1. The fourth-order valence-electron chi connectivity index (χ4n) is 1.77. The molecular weight excluding hydrogens is 248 g/mol. The molecule has 1 N–H and O–H groups in total. The standard InChI is InChI=1S/C14H16O3S/c15-8-10-18(16)11-9-17-14-7-3-5-12-4-1-2-6-13(12)14/h1-7,15H,8-11H2. The molecule has 0 fully saturated rings. The van der Waals surface area contributed by atoms with Gasteiger partial charge in [-0.1, -0.05) is 36.4 Å². The Bertz CT molecular complexity index is 534. The highest BCUT2D eigenvalue weighted by Gasteiger charge is 2.03. The van der Waals surface area contributed by atoms with Crippen molar-refractivity contribution in [1.82, 2.24) is 0 Å². The van der Waals surface area contributed by atoms with Crippen molar-refractivity contribution < 1.29 is 14.1 Å². The van der Waals surface area contributed by atoms with Gasteiger partial charge < -0.3 is 9.84 Å². The molecule has 1 unspecified atom stereocenters. The van der Waals surface area contributed by atoms with Crippen molar-refractivity contribution in [2.75, 3.05) is 24.7 Å². The summed E-state index contributed by atoms with van der Waals surface area (Å²) < 4.78 is 17.0. The quantitative estimate of drug-likeness (QED) is 0.867. The maximum absolute atomic E-state index is 11.4. The van der Waals surface area contributed by atoms with Crippen LogP contribution in [0.25, 0.3) is 10.8 Å². The number of ether oxygens (including phenoxy) is 1. The van der Waals surface area contributed by atoms with Crippen LogP contribution < -0.4 is 4.74 Å². The molecule has 0 amide bonds. The Hall–Kier alpha value is -1.39. The number of aliphatic hydroxyl groups excluding tert-OH is 1. The summed E-state index contributed by atoms with van der Waals surface area (Å²) in [5, 5.41) is 10.9. The van der Waals surface area contributed by atoms with Crippen LogP contribution in [0.4, 0.5) is 0 Å². The third kappa shape index (κ3) is 3.31. The monoisotopic (exact) mass is 264 g/mol. The van der Waals surface area contributed by atoms with Gasteiger partial charge in [0.05, 0.1) is 19.0 Å². The molecule has 2 aromatic rings. The zero-order valence-electron chi connectivity index (χ0n) is 10.0. The molecule has 0 radical (unpaired) electrons. The molecule has 0 spiro atoms. The molecule has 2 rings (SSSR count). The number of hydrogen-bond donors (Lipinski definition) is 1. The minimum Gasteiger partial charge on any atom is -0.492 e. The van der Waals surface area contributed by atoms with Crippen LogP contribution in [0, 0.1) is 0 Å². The SMILES string of the molecule is O=S(CCO)CCOc1cccc2ccccc12. The van der Waals surface area contributed by atoms with E-state index in [1.165, 1.54) is 0 Å². The van der Waals surface area contributed by atoms with Crippen LogP contribution in [0.15, 0.2) is 42.5 Å². The van der Waals surface area contributed by atoms with Crippen LogP contribution in [0.1, 0.15) is 0 Å². The Morgan fingerprint density at radius 1 is 1.06 bits per heavy atom. The van der Waals surface area contributed by atoms with Crippen LogP contribution in [0.2, 0.25) is 0 Å². The summed E-state index contributed by atoms with van der Waals surface area (Å²) >= 11 is 0. The van der Waals surface area contributed by atoms with Crippen LogP contribution >= 0.6 is 0 Å². The van der Waals surface area contributed by atoms with E-state index in [9.17, 15) is 4.21 Å². The molecule has 0 bridgehead atoms. The molecule has 2 aromatic carbocycles. The predicted molar refractivity (Wildman–Crippen MR) is 74.4 cm³/mol. The maximum Gasteiger partial charge on any atom is 0.127 e. The number of aliphatic hydroxyl groups is 1. The summed E-state index contributed by atoms with van der Waals surface area (Å²) in [6.45, 7) is 0.363. The van der Waals surface area contributed by atoms with Crippen molar-refractivity contribution in [3.8, 4) is 5.75 Å². The third-order valence-corrected chi connectivity index (χ3v) is 3.90. The van der Waals surface area contributed by atoms with Gasteiger partial charge in [-0.2, -0.15) is 0 Å². The highest BCUT2D eigenvalue weighted by Crippen LogP contribution is 2.24. The second-order valence-electron chi connectivity index (χ2n) is 3.90. The lowest BCUT2D eigenvalue weighted by molar-refractivity contribution is 0.320. The molecule has 96 valence electrons. The largest absolute Gasteiger partial charge is 0.492 e. The summed E-state index contributed by atoms with van der Waals surface area (Å²) in [4.78, 5) is 0. The Kier molecular flexibility index (Phi) is 4.73. The summed E-state index contributed by atoms with van der Waals surface area (Å²) in [6.07, 6.45) is 0. The molecule has 0 aromatic heterocycles. The first-order valence-electron chi connectivity index (χ1n) is 5.87. The van der Waals surface area contributed by atoms with Crippen LogP contribution in [0.3, 0.4) is 0 Å². The Labute approximate surface area is 109 Å². The van der Waals surface area contributed by atoms with E-state index in [2.05, 4.69) is 0 Å². The molecule has 3 nitrogen and oxygen atoms in total. The van der Waals surface area contributed by atoms with E-state index in [1.807, 2.05) is 42.5 Å². The van der Waals surface area contributed by atoms with E-state index in [-0.39, 0.29) is 6.61 Å². The Morgan fingerprint density at radius 3 is 2.67 bits per heavy atom. The minimum absolute atomic E-state index is 0.0408. The smallest absolute Gasteiger partial charge is 0.127 e. The Morgan fingerprint density at radius 2 is 1.83 bits per heavy atom. The number of hydrogen-bond acceptors (Lipinski definition) is 3. The van der Waals surface area contributed by atoms with Gasteiger partial charge in [-0.3, -0.25) is 4.21 Å². The van der Waals surface area contributed by atoms with Crippen LogP contribution in [-0.4, -0.2) is 34.0 Å². The van der Waals surface area contributed by atoms with E-state index in [0.29, 0.717) is 18.1 Å². The normalized spacial score (nSPS) is 12.5. The second-order valence-corrected chi connectivity index (χ2v) is 5.59. The van der Waals surface area contributed by atoms with Gasteiger partial charge in [-0.25, -0.2) is 0 Å². The van der Waals surface area contributed by atoms with Gasteiger partial charge in [0.25, 0.3) is 0 Å². The molecule has 0 aliphatic heterocycles. The van der Waals surface area contributed by atoms with Crippen molar-refractivity contribution in [1.29, 1.82) is 0 Å². The first-order chi connectivity index (χ1) is 8.81. The fourth-order valence-corrected chi connectivity index (χ4v) is 2.45. The molecule has 0 saturated heterocycles. The van der Waals surface area contributed by atoms with Crippen LogP contribution in [0.5, 0.6) is 5.75 Å². The Balaban J connectivity index is 2.01. The predicted octanol–water partition coefficient (Wildman–Crippen LogP) is 1.96. The molecule has 4 heteroatoms. The number of rotatable bonds is 6. The number of fused-ring (bicyclic) bond motifs is 1. The van der Waals surface area contributed by atoms with Crippen molar-refractivity contribution in [3.63, 3.8) is 0 Å². The van der Waals surface area contributed by atoms with Gasteiger partial charge in [0.15, 0.2) is 0 Å². The van der Waals surface area contributed by atoms with E-state index in [0.717, 1.165) is 16.5 Å². The zero-order chi connectivity index (χ0) is 12.8. The molecule has 0 aliphatic rings. The lowest BCUT2D eigenvalue weighted by Gasteiger charge is -2.08. The van der Waals surface area contributed by atoms with Crippen molar-refractivity contribution in [2.45, 2.75) is 0 Å². The minimum atomic E-state index is -1.00. The molecule has 0 aliphatic carbocycles. The summed E-state index contributed by atoms with van der Waals surface area (Å²) in [5.41, 5.74) is 0.